The number of primary amides is 1. The molecule has 0 saturated heterocycles. The first-order valence-electron chi connectivity index (χ1n) is 11.2. The lowest BCUT2D eigenvalue weighted by molar-refractivity contribution is -0.135. The summed E-state index contributed by atoms with van der Waals surface area (Å²) < 4.78 is 0. The summed E-state index contributed by atoms with van der Waals surface area (Å²) in [4.78, 5) is 42.0. The number of carbonyl (C=O) groups is 4. The van der Waals surface area contributed by atoms with Gasteiger partial charge in [-0.1, -0.05) is 27.2 Å². The fraction of sp³-hybridized carbons (Fsp3) is 0.565. The van der Waals surface area contributed by atoms with Crippen LogP contribution in [0.15, 0.2) is 24.3 Å². The van der Waals surface area contributed by atoms with Gasteiger partial charge in [-0.3, -0.25) is 19.2 Å². The predicted molar refractivity (Wildman–Crippen MR) is 131 cm³/mol. The van der Waals surface area contributed by atoms with Crippen LogP contribution >= 0.6 is 0 Å². The molecule has 33 heavy (non-hydrogen) atoms. The number of hydrogen-bond donors (Lipinski definition) is 6. The number of nitrogens with two attached hydrogens (primary N) is 1. The van der Waals surface area contributed by atoms with E-state index in [9.17, 15) is 19.2 Å². The summed E-state index contributed by atoms with van der Waals surface area (Å²) in [7, 11) is 1.59. The quantitative estimate of drug-likeness (QED) is 0.241. The second-order valence-corrected chi connectivity index (χ2v) is 7.03. The summed E-state index contributed by atoms with van der Waals surface area (Å²) in [6.45, 7) is 7.83. The maximum Gasteiger partial charge on any atom is 0.317 e. The van der Waals surface area contributed by atoms with Gasteiger partial charge in [-0.2, -0.15) is 0 Å². The number of likely N-dealkylation sites (N-methyl/N-ethyl adjacent to an activating group) is 1. The van der Waals surface area contributed by atoms with Crippen LogP contribution in [0.25, 0.3) is 0 Å². The zero-order valence-electron chi connectivity index (χ0n) is 20.3. The summed E-state index contributed by atoms with van der Waals surface area (Å²) in [6.07, 6.45) is 4.46. The number of aliphatic carboxylic acids is 1. The van der Waals surface area contributed by atoms with Crippen molar-refractivity contribution in [2.75, 3.05) is 38.5 Å². The van der Waals surface area contributed by atoms with Gasteiger partial charge in [-0.25, -0.2) is 0 Å². The number of amides is 3. The van der Waals surface area contributed by atoms with Gasteiger partial charge >= 0.3 is 5.97 Å². The molecule has 10 nitrogen and oxygen atoms in total. The molecule has 0 bridgehead atoms. The smallest absolute Gasteiger partial charge is 0.317 e. The average molecular weight is 468 g/mol. The highest BCUT2D eigenvalue weighted by atomic mass is 16.4. The van der Waals surface area contributed by atoms with Crippen molar-refractivity contribution in [3.8, 4) is 0 Å². The Hall–Kier alpha value is -3.14. The highest BCUT2D eigenvalue weighted by Crippen LogP contribution is 2.09. The van der Waals surface area contributed by atoms with Gasteiger partial charge in [-0.05, 0) is 50.6 Å². The SMILES string of the molecule is CCCC(=O)NCC(N)=O.CCCCNC(=O)c1ccc(NCCC)cc1.CNCC(=O)O. The molecule has 0 radical (unpaired) electrons. The maximum absolute atomic E-state index is 11.7. The number of rotatable bonds is 13. The number of unbranched alkanes of at least 4 members (excludes halogenated alkanes) is 1. The summed E-state index contributed by atoms with van der Waals surface area (Å²) in [6, 6.07) is 7.62. The van der Waals surface area contributed by atoms with Crippen molar-refractivity contribution in [2.45, 2.75) is 52.9 Å². The second-order valence-electron chi connectivity index (χ2n) is 7.03. The van der Waals surface area contributed by atoms with Crippen LogP contribution in [-0.4, -0.2) is 62.0 Å². The number of nitrogens with one attached hydrogen (secondary N) is 4. The van der Waals surface area contributed by atoms with Crippen molar-refractivity contribution in [3.63, 3.8) is 0 Å². The number of anilines is 1. The lowest BCUT2D eigenvalue weighted by Crippen LogP contribution is -2.32. The topological polar surface area (TPSA) is 163 Å². The molecule has 1 aromatic rings. The van der Waals surface area contributed by atoms with Crippen LogP contribution in [0.5, 0.6) is 0 Å². The van der Waals surface area contributed by atoms with Crippen LogP contribution in [-0.2, 0) is 14.4 Å². The monoisotopic (exact) mass is 467 g/mol. The van der Waals surface area contributed by atoms with E-state index in [0.717, 1.165) is 50.0 Å². The minimum absolute atomic E-state index is 0.0143. The normalized spacial score (nSPS) is 9.33. The van der Waals surface area contributed by atoms with Gasteiger partial charge in [0.1, 0.15) is 0 Å². The Morgan fingerprint density at radius 1 is 0.879 bits per heavy atom. The van der Waals surface area contributed by atoms with Crippen molar-refractivity contribution in [3.05, 3.63) is 29.8 Å². The molecule has 0 aliphatic carbocycles. The van der Waals surface area contributed by atoms with E-state index in [1.54, 1.807) is 7.05 Å². The predicted octanol–water partition coefficient (Wildman–Crippen LogP) is 1.72. The summed E-state index contributed by atoms with van der Waals surface area (Å²) >= 11 is 0. The number of carbonyl (C=O) groups excluding carboxylic acids is 3. The lowest BCUT2D eigenvalue weighted by Gasteiger charge is -2.07. The Kier molecular flexibility index (Phi) is 21.4. The first-order valence-corrected chi connectivity index (χ1v) is 11.2. The van der Waals surface area contributed by atoms with Crippen LogP contribution < -0.4 is 27.0 Å². The van der Waals surface area contributed by atoms with Crippen molar-refractivity contribution < 1.29 is 24.3 Å². The molecule has 3 amide bonds. The van der Waals surface area contributed by atoms with Crippen LogP contribution in [0, 0.1) is 0 Å². The van der Waals surface area contributed by atoms with Crippen molar-refractivity contribution in [2.24, 2.45) is 5.73 Å². The molecule has 1 rings (SSSR count). The second kappa shape index (κ2) is 22.1. The van der Waals surface area contributed by atoms with E-state index in [0.29, 0.717) is 6.42 Å². The van der Waals surface area contributed by atoms with Crippen LogP contribution in [0.2, 0.25) is 0 Å². The number of carboxylic acids is 1. The molecule has 188 valence electrons. The molecular formula is C23H41N5O5. The molecule has 0 atom stereocenters. The van der Waals surface area contributed by atoms with Gasteiger partial charge in [0.25, 0.3) is 5.91 Å². The molecule has 10 heteroatoms. The Morgan fingerprint density at radius 2 is 1.52 bits per heavy atom. The Bertz CT molecular complexity index is 680. The molecule has 1 aromatic carbocycles. The molecule has 0 aliphatic heterocycles. The van der Waals surface area contributed by atoms with Gasteiger partial charge in [0.15, 0.2) is 0 Å². The Balaban J connectivity index is 0. The number of hydrogen-bond acceptors (Lipinski definition) is 6. The van der Waals surface area contributed by atoms with Gasteiger partial charge < -0.3 is 32.1 Å². The largest absolute Gasteiger partial charge is 0.480 e. The van der Waals surface area contributed by atoms with Crippen molar-refractivity contribution >= 4 is 29.4 Å². The summed E-state index contributed by atoms with van der Waals surface area (Å²) in [5.74, 6) is -1.44. The first kappa shape index (κ1) is 32.0. The van der Waals surface area contributed by atoms with Gasteiger partial charge in [0.2, 0.25) is 11.8 Å². The first-order chi connectivity index (χ1) is 15.7. The Labute approximate surface area is 197 Å². The third-order valence-electron chi connectivity index (χ3n) is 3.81. The molecule has 0 unspecified atom stereocenters. The van der Waals surface area contributed by atoms with Crippen LogP contribution in [0.4, 0.5) is 5.69 Å². The molecular weight excluding hydrogens is 426 g/mol. The van der Waals surface area contributed by atoms with E-state index in [4.69, 9.17) is 10.8 Å². The van der Waals surface area contributed by atoms with E-state index in [2.05, 4.69) is 35.1 Å². The van der Waals surface area contributed by atoms with Gasteiger partial charge in [0, 0.05) is 30.8 Å². The van der Waals surface area contributed by atoms with E-state index < -0.39 is 11.9 Å². The third kappa shape index (κ3) is 21.9. The van der Waals surface area contributed by atoms with E-state index in [1.165, 1.54) is 0 Å². The van der Waals surface area contributed by atoms with Gasteiger partial charge in [-0.15, -0.1) is 0 Å². The third-order valence-corrected chi connectivity index (χ3v) is 3.81. The highest BCUT2D eigenvalue weighted by molar-refractivity contribution is 5.94. The lowest BCUT2D eigenvalue weighted by atomic mass is 10.2. The fourth-order valence-corrected chi connectivity index (χ4v) is 2.14. The number of carboxylic acid groups (broad SMARTS) is 1. The molecule has 0 aliphatic rings. The van der Waals surface area contributed by atoms with E-state index in [1.807, 2.05) is 31.2 Å². The molecule has 0 spiro atoms. The highest BCUT2D eigenvalue weighted by Gasteiger charge is 2.03. The van der Waals surface area contributed by atoms with Crippen LogP contribution in [0.1, 0.15) is 63.2 Å². The van der Waals surface area contributed by atoms with E-state index >= 15 is 0 Å². The molecule has 0 aromatic heterocycles. The average Bonchev–Trinajstić information content (AvgIpc) is 2.78. The van der Waals surface area contributed by atoms with Crippen molar-refractivity contribution in [1.82, 2.24) is 16.0 Å². The fourth-order valence-electron chi connectivity index (χ4n) is 2.14. The molecule has 0 fully saturated rings. The molecule has 0 saturated carbocycles. The standard InChI is InChI=1S/C14H22N2O.C6H12N2O2.C3H7NO2/c1-3-5-11-16-14(17)12-6-8-13(9-7-12)15-10-4-2;1-2-3-6(10)8-4-5(7)9;1-4-2-3(5)6/h6-9,15H,3-5,10-11H2,1-2H3,(H,16,17);2-4H2,1H3,(H2,7,9)(H,8,10);4H,2H2,1H3,(H,5,6). The minimum Gasteiger partial charge on any atom is -0.480 e. The van der Waals surface area contributed by atoms with Crippen molar-refractivity contribution in [1.29, 1.82) is 0 Å². The zero-order chi connectivity index (χ0) is 25.5. The molecule has 7 N–H and O–H groups in total. The van der Waals surface area contributed by atoms with Gasteiger partial charge in [0.05, 0.1) is 13.1 Å². The number of benzene rings is 1. The zero-order valence-corrected chi connectivity index (χ0v) is 20.3. The maximum atomic E-state index is 11.7. The summed E-state index contributed by atoms with van der Waals surface area (Å²) in [5.41, 5.74) is 6.58. The Morgan fingerprint density at radius 3 is 1.94 bits per heavy atom. The molecule has 0 heterocycles. The van der Waals surface area contributed by atoms with Crippen LogP contribution in [0.3, 0.4) is 0 Å². The minimum atomic E-state index is -0.822. The van der Waals surface area contributed by atoms with E-state index in [-0.39, 0.29) is 24.9 Å². The summed E-state index contributed by atoms with van der Waals surface area (Å²) in [5, 5.41) is 18.9.